The quantitative estimate of drug-likeness (QED) is 0.809. The molecule has 0 aliphatic heterocycles. The summed E-state index contributed by atoms with van der Waals surface area (Å²) >= 11 is 0. The molecule has 0 heterocycles. The van der Waals surface area contributed by atoms with E-state index in [2.05, 4.69) is 5.32 Å². The maximum atomic E-state index is 12.1. The van der Waals surface area contributed by atoms with Crippen molar-refractivity contribution in [3.05, 3.63) is 65.7 Å². The molecular formula is C19H23ClN2O2. The first-order valence-corrected chi connectivity index (χ1v) is 8.03. The van der Waals surface area contributed by atoms with E-state index in [0.29, 0.717) is 24.6 Å². The zero-order chi connectivity index (χ0) is 16.1. The molecule has 4 nitrogen and oxygen atoms in total. The van der Waals surface area contributed by atoms with Gasteiger partial charge in [0.15, 0.2) is 0 Å². The van der Waals surface area contributed by atoms with Gasteiger partial charge in [0.2, 0.25) is 0 Å². The standard InChI is InChI=1S/C19H22N2O2.ClH/c20-18(15-10-11-15)12-21-19(22)16-8-6-14(7-9-16)13-23-17-4-2-1-3-5-17;/h1-9,15,18H,10-13,20H2,(H,21,22);1H. The van der Waals surface area contributed by atoms with Gasteiger partial charge < -0.3 is 15.8 Å². The van der Waals surface area contributed by atoms with Crippen LogP contribution in [0.25, 0.3) is 0 Å². The highest BCUT2D eigenvalue weighted by Crippen LogP contribution is 2.31. The monoisotopic (exact) mass is 346 g/mol. The summed E-state index contributed by atoms with van der Waals surface area (Å²) in [7, 11) is 0. The van der Waals surface area contributed by atoms with Crippen LogP contribution in [0.15, 0.2) is 54.6 Å². The molecule has 3 N–H and O–H groups in total. The molecule has 1 atom stereocenters. The molecule has 1 aliphatic rings. The SMILES string of the molecule is Cl.NC(CNC(=O)c1ccc(COc2ccccc2)cc1)C1CC1. The predicted octanol–water partition coefficient (Wildman–Crippen LogP) is 3.15. The number of para-hydroxylation sites is 1. The van der Waals surface area contributed by atoms with Crippen molar-refractivity contribution >= 4 is 18.3 Å². The molecule has 0 bridgehead atoms. The van der Waals surface area contributed by atoms with Crippen LogP contribution in [0.1, 0.15) is 28.8 Å². The lowest BCUT2D eigenvalue weighted by Gasteiger charge is -2.12. The van der Waals surface area contributed by atoms with Gasteiger partial charge >= 0.3 is 0 Å². The van der Waals surface area contributed by atoms with Crippen LogP contribution >= 0.6 is 12.4 Å². The lowest BCUT2D eigenvalue weighted by Crippen LogP contribution is -2.38. The van der Waals surface area contributed by atoms with Gasteiger partial charge in [0.05, 0.1) is 0 Å². The average molecular weight is 347 g/mol. The first-order valence-electron chi connectivity index (χ1n) is 8.03. The molecule has 24 heavy (non-hydrogen) atoms. The molecule has 3 rings (SSSR count). The van der Waals surface area contributed by atoms with Crippen LogP contribution < -0.4 is 15.8 Å². The van der Waals surface area contributed by atoms with Crippen molar-refractivity contribution in [1.29, 1.82) is 0 Å². The minimum absolute atomic E-state index is 0. The van der Waals surface area contributed by atoms with Gasteiger partial charge in [0, 0.05) is 18.2 Å². The van der Waals surface area contributed by atoms with E-state index < -0.39 is 0 Å². The number of nitrogens with one attached hydrogen (secondary N) is 1. The smallest absolute Gasteiger partial charge is 0.251 e. The highest BCUT2D eigenvalue weighted by atomic mass is 35.5. The Labute approximate surface area is 148 Å². The highest BCUT2D eigenvalue weighted by molar-refractivity contribution is 5.94. The summed E-state index contributed by atoms with van der Waals surface area (Å²) in [4.78, 5) is 12.1. The van der Waals surface area contributed by atoms with Gasteiger partial charge in [-0.2, -0.15) is 0 Å². The number of amides is 1. The summed E-state index contributed by atoms with van der Waals surface area (Å²) in [6.07, 6.45) is 2.38. The summed E-state index contributed by atoms with van der Waals surface area (Å²) in [6, 6.07) is 17.2. The van der Waals surface area contributed by atoms with E-state index in [-0.39, 0.29) is 24.4 Å². The van der Waals surface area contributed by atoms with E-state index in [9.17, 15) is 4.79 Å². The molecule has 0 spiro atoms. The Hall–Kier alpha value is -2.04. The molecule has 1 aliphatic carbocycles. The summed E-state index contributed by atoms with van der Waals surface area (Å²) in [6.45, 7) is 1.03. The fourth-order valence-corrected chi connectivity index (χ4v) is 2.44. The normalized spacial score (nSPS) is 14.4. The molecule has 2 aromatic carbocycles. The van der Waals surface area contributed by atoms with Gasteiger partial charge in [-0.15, -0.1) is 12.4 Å². The zero-order valence-electron chi connectivity index (χ0n) is 13.5. The van der Waals surface area contributed by atoms with Crippen molar-refractivity contribution in [2.24, 2.45) is 11.7 Å². The van der Waals surface area contributed by atoms with Crippen LogP contribution in [-0.2, 0) is 6.61 Å². The Morgan fingerprint density at radius 3 is 2.42 bits per heavy atom. The van der Waals surface area contributed by atoms with Crippen molar-refractivity contribution in [3.8, 4) is 5.75 Å². The summed E-state index contributed by atoms with van der Waals surface area (Å²) in [5.41, 5.74) is 7.67. The summed E-state index contributed by atoms with van der Waals surface area (Å²) in [5.74, 6) is 1.35. The zero-order valence-corrected chi connectivity index (χ0v) is 14.3. The average Bonchev–Trinajstić information content (AvgIpc) is 3.44. The number of hydrogen-bond donors (Lipinski definition) is 2. The topological polar surface area (TPSA) is 64.3 Å². The maximum Gasteiger partial charge on any atom is 0.251 e. The van der Waals surface area contributed by atoms with Crippen LogP contribution in [0.2, 0.25) is 0 Å². The Kier molecular flexibility index (Phi) is 6.64. The van der Waals surface area contributed by atoms with Gasteiger partial charge in [-0.1, -0.05) is 30.3 Å². The van der Waals surface area contributed by atoms with Crippen LogP contribution in [0, 0.1) is 5.92 Å². The number of benzene rings is 2. The predicted molar refractivity (Wildman–Crippen MR) is 97.5 cm³/mol. The third-order valence-corrected chi connectivity index (χ3v) is 4.09. The van der Waals surface area contributed by atoms with Gasteiger partial charge in [0.1, 0.15) is 12.4 Å². The van der Waals surface area contributed by atoms with Crippen LogP contribution in [-0.4, -0.2) is 18.5 Å². The Morgan fingerprint density at radius 1 is 1.12 bits per heavy atom. The molecule has 1 saturated carbocycles. The first kappa shape index (κ1) is 18.3. The molecule has 0 radical (unpaired) electrons. The van der Waals surface area contributed by atoms with E-state index in [1.807, 2.05) is 54.6 Å². The lowest BCUT2D eigenvalue weighted by molar-refractivity contribution is 0.0950. The van der Waals surface area contributed by atoms with Gasteiger partial charge in [-0.25, -0.2) is 0 Å². The van der Waals surface area contributed by atoms with E-state index in [4.69, 9.17) is 10.5 Å². The van der Waals surface area contributed by atoms with E-state index in [1.54, 1.807) is 0 Å². The summed E-state index contributed by atoms with van der Waals surface area (Å²) in [5, 5.41) is 2.90. The minimum Gasteiger partial charge on any atom is -0.489 e. The fraction of sp³-hybridized carbons (Fsp3) is 0.316. The molecule has 1 amide bonds. The van der Waals surface area contributed by atoms with Gasteiger partial charge in [-0.05, 0) is 48.6 Å². The number of ether oxygens (including phenoxy) is 1. The fourth-order valence-electron chi connectivity index (χ4n) is 2.44. The number of carbonyl (C=O) groups is 1. The first-order chi connectivity index (χ1) is 11.2. The molecular weight excluding hydrogens is 324 g/mol. The third-order valence-electron chi connectivity index (χ3n) is 4.09. The third kappa shape index (κ3) is 5.25. The van der Waals surface area contributed by atoms with E-state index in [0.717, 1.165) is 11.3 Å². The molecule has 2 aromatic rings. The number of nitrogens with two attached hydrogens (primary N) is 1. The van der Waals surface area contributed by atoms with Gasteiger partial charge in [-0.3, -0.25) is 4.79 Å². The second-order valence-electron chi connectivity index (χ2n) is 6.01. The Morgan fingerprint density at radius 2 is 1.79 bits per heavy atom. The molecule has 0 aromatic heterocycles. The van der Waals surface area contributed by atoms with E-state index in [1.165, 1.54) is 12.8 Å². The lowest BCUT2D eigenvalue weighted by atomic mass is 10.1. The number of carbonyl (C=O) groups excluding carboxylic acids is 1. The van der Waals surface area contributed by atoms with Crippen molar-refractivity contribution in [2.75, 3.05) is 6.54 Å². The molecule has 128 valence electrons. The van der Waals surface area contributed by atoms with E-state index >= 15 is 0 Å². The maximum absolute atomic E-state index is 12.1. The number of hydrogen-bond acceptors (Lipinski definition) is 3. The van der Waals surface area contributed by atoms with Crippen molar-refractivity contribution in [1.82, 2.24) is 5.32 Å². The minimum atomic E-state index is -0.0726. The Bertz CT molecular complexity index is 642. The van der Waals surface area contributed by atoms with Crippen molar-refractivity contribution in [2.45, 2.75) is 25.5 Å². The Balaban J connectivity index is 0.00000208. The van der Waals surface area contributed by atoms with Gasteiger partial charge in [0.25, 0.3) is 5.91 Å². The van der Waals surface area contributed by atoms with Crippen molar-refractivity contribution in [3.63, 3.8) is 0 Å². The number of halogens is 1. The highest BCUT2D eigenvalue weighted by Gasteiger charge is 2.28. The number of rotatable bonds is 7. The largest absolute Gasteiger partial charge is 0.489 e. The molecule has 0 saturated heterocycles. The van der Waals surface area contributed by atoms with Crippen molar-refractivity contribution < 1.29 is 9.53 Å². The second-order valence-corrected chi connectivity index (χ2v) is 6.01. The second kappa shape index (κ2) is 8.71. The van der Waals surface area contributed by atoms with Crippen LogP contribution in [0.3, 0.4) is 0 Å². The molecule has 1 fully saturated rings. The molecule has 5 heteroatoms. The molecule has 1 unspecified atom stereocenters. The van der Waals surface area contributed by atoms with Crippen LogP contribution in [0.5, 0.6) is 5.75 Å². The van der Waals surface area contributed by atoms with Crippen LogP contribution in [0.4, 0.5) is 0 Å². The summed E-state index contributed by atoms with van der Waals surface area (Å²) < 4.78 is 5.69.